The van der Waals surface area contributed by atoms with Crippen molar-refractivity contribution in [1.82, 2.24) is 15.6 Å². The van der Waals surface area contributed by atoms with Gasteiger partial charge in [0.25, 0.3) is 0 Å². The van der Waals surface area contributed by atoms with E-state index in [9.17, 15) is 14.4 Å². The number of carbonyl (C=O) groups excluding carboxylic acids is 3. The van der Waals surface area contributed by atoms with Gasteiger partial charge in [-0.3, -0.25) is 19.9 Å². The second kappa shape index (κ2) is 6.20. The highest BCUT2D eigenvalue weighted by Crippen LogP contribution is 2.34. The predicted octanol–water partition coefficient (Wildman–Crippen LogP) is 0.730. The molecular weight excluding hydrogens is 294 g/mol. The molecule has 1 unspecified atom stereocenters. The molecule has 23 heavy (non-hydrogen) atoms. The van der Waals surface area contributed by atoms with Gasteiger partial charge >= 0.3 is 0 Å². The Hall–Kier alpha value is -2.08. The first kappa shape index (κ1) is 15.8. The molecule has 0 radical (unpaired) electrons. The molecule has 122 valence electrons. The van der Waals surface area contributed by atoms with Crippen LogP contribution in [0, 0.1) is 6.92 Å². The van der Waals surface area contributed by atoms with E-state index < -0.39 is 5.41 Å². The number of pyridine rings is 1. The summed E-state index contributed by atoms with van der Waals surface area (Å²) in [6.07, 6.45) is 3.39. The molecule has 1 atom stereocenters. The highest BCUT2D eigenvalue weighted by atomic mass is 16.2. The van der Waals surface area contributed by atoms with Gasteiger partial charge in [-0.1, -0.05) is 6.07 Å². The summed E-state index contributed by atoms with van der Waals surface area (Å²) in [6, 6.07) is 3.76. The molecule has 0 aromatic carbocycles. The molecule has 2 N–H and O–H groups in total. The zero-order valence-electron chi connectivity index (χ0n) is 13.2. The summed E-state index contributed by atoms with van der Waals surface area (Å²) in [4.78, 5) is 39.6. The van der Waals surface area contributed by atoms with Crippen molar-refractivity contribution in [3.63, 3.8) is 0 Å². The van der Waals surface area contributed by atoms with Gasteiger partial charge in [0, 0.05) is 12.1 Å². The Bertz CT molecular complexity index is 650. The lowest BCUT2D eigenvalue weighted by molar-refractivity contribution is -0.134. The van der Waals surface area contributed by atoms with E-state index >= 15 is 0 Å². The lowest BCUT2D eigenvalue weighted by atomic mass is 9.73. The van der Waals surface area contributed by atoms with Crippen LogP contribution in [0.4, 0.5) is 0 Å². The smallest absolute Gasteiger partial charge is 0.235 e. The second-order valence-electron chi connectivity index (χ2n) is 6.40. The Morgan fingerprint density at radius 1 is 1.26 bits per heavy atom. The minimum Gasteiger partial charge on any atom is -0.317 e. The van der Waals surface area contributed by atoms with Gasteiger partial charge in [-0.15, -0.1) is 0 Å². The first-order chi connectivity index (χ1) is 11.1. The van der Waals surface area contributed by atoms with E-state index in [1.165, 1.54) is 0 Å². The maximum Gasteiger partial charge on any atom is 0.235 e. The highest BCUT2D eigenvalue weighted by Gasteiger charge is 2.36. The number of amides is 2. The Morgan fingerprint density at radius 3 is 2.61 bits per heavy atom. The monoisotopic (exact) mass is 315 g/mol. The van der Waals surface area contributed by atoms with Crippen LogP contribution in [0.15, 0.2) is 12.1 Å². The Morgan fingerprint density at radius 2 is 2.00 bits per heavy atom. The summed E-state index contributed by atoms with van der Waals surface area (Å²) in [5.74, 6) is -0.900. The maximum absolute atomic E-state index is 12.0. The molecule has 6 heteroatoms. The van der Waals surface area contributed by atoms with Crippen molar-refractivity contribution in [3.05, 3.63) is 29.1 Å². The first-order valence-electron chi connectivity index (χ1n) is 8.04. The largest absolute Gasteiger partial charge is 0.317 e. The van der Waals surface area contributed by atoms with Crippen LogP contribution in [0.1, 0.15) is 48.6 Å². The normalized spacial score (nSPS) is 24.1. The van der Waals surface area contributed by atoms with E-state index in [0.29, 0.717) is 18.5 Å². The minimum atomic E-state index is -0.481. The number of aromatic nitrogens is 1. The van der Waals surface area contributed by atoms with Gasteiger partial charge in [0.05, 0.1) is 17.0 Å². The van der Waals surface area contributed by atoms with Crippen LogP contribution >= 0.6 is 0 Å². The van der Waals surface area contributed by atoms with Gasteiger partial charge in [-0.25, -0.2) is 0 Å². The number of rotatable bonds is 3. The molecule has 2 fully saturated rings. The molecule has 0 bridgehead atoms. The number of aldehydes is 1. The molecule has 2 aliphatic rings. The number of aryl methyl sites for hydroxylation is 1. The number of carbonyl (C=O) groups is 3. The Kier molecular flexibility index (Phi) is 4.26. The fourth-order valence-corrected chi connectivity index (χ4v) is 3.60. The summed E-state index contributed by atoms with van der Waals surface area (Å²) < 4.78 is 0. The number of piperidine rings is 2. The van der Waals surface area contributed by atoms with E-state index in [0.717, 1.165) is 43.5 Å². The van der Waals surface area contributed by atoms with E-state index in [-0.39, 0.29) is 17.7 Å². The molecule has 0 saturated carbocycles. The van der Waals surface area contributed by atoms with E-state index in [2.05, 4.69) is 15.6 Å². The molecule has 6 nitrogen and oxygen atoms in total. The minimum absolute atomic E-state index is 0.228. The molecule has 0 spiro atoms. The summed E-state index contributed by atoms with van der Waals surface area (Å²) in [6.45, 7) is 3.51. The van der Waals surface area contributed by atoms with Gasteiger partial charge in [0.2, 0.25) is 11.8 Å². The average molecular weight is 315 g/mol. The third-order valence-electron chi connectivity index (χ3n) is 4.96. The fraction of sp³-hybridized carbons (Fsp3) is 0.529. The number of hydrogen-bond acceptors (Lipinski definition) is 5. The van der Waals surface area contributed by atoms with Crippen molar-refractivity contribution in [1.29, 1.82) is 0 Å². The SMILES string of the molecule is Cc1nc(C2CCC(=O)NC2=O)ccc1C1(C=O)CCNCC1. The van der Waals surface area contributed by atoms with E-state index in [1.54, 1.807) is 0 Å². The molecule has 3 heterocycles. The number of nitrogens with zero attached hydrogens (tertiary/aromatic N) is 1. The van der Waals surface area contributed by atoms with Gasteiger partial charge in [-0.05, 0) is 50.9 Å². The molecular formula is C17H21N3O3. The first-order valence-corrected chi connectivity index (χ1v) is 8.04. The number of hydrogen-bond donors (Lipinski definition) is 2. The number of imide groups is 1. The fourth-order valence-electron chi connectivity index (χ4n) is 3.60. The lowest BCUT2D eigenvalue weighted by Gasteiger charge is -2.34. The van der Waals surface area contributed by atoms with Crippen LogP contribution in [0.25, 0.3) is 0 Å². The van der Waals surface area contributed by atoms with Crippen LogP contribution in [0.3, 0.4) is 0 Å². The highest BCUT2D eigenvalue weighted by molar-refractivity contribution is 6.00. The van der Waals surface area contributed by atoms with Crippen LogP contribution in [-0.2, 0) is 19.8 Å². The van der Waals surface area contributed by atoms with Gasteiger partial charge in [0.15, 0.2) is 0 Å². The van der Waals surface area contributed by atoms with Crippen molar-refractivity contribution in [2.75, 3.05) is 13.1 Å². The van der Waals surface area contributed by atoms with Crippen molar-refractivity contribution in [2.45, 2.75) is 43.9 Å². The molecule has 1 aromatic heterocycles. The average Bonchev–Trinajstić information content (AvgIpc) is 2.55. The topological polar surface area (TPSA) is 88.2 Å². The molecule has 0 aliphatic carbocycles. The van der Waals surface area contributed by atoms with Crippen LogP contribution < -0.4 is 10.6 Å². The zero-order chi connectivity index (χ0) is 16.4. The zero-order valence-corrected chi connectivity index (χ0v) is 13.2. The third kappa shape index (κ3) is 2.91. The van der Waals surface area contributed by atoms with Crippen molar-refractivity contribution < 1.29 is 14.4 Å². The molecule has 1 aromatic rings. The number of nitrogens with one attached hydrogen (secondary N) is 2. The van der Waals surface area contributed by atoms with Crippen molar-refractivity contribution in [3.8, 4) is 0 Å². The summed E-state index contributed by atoms with van der Waals surface area (Å²) in [7, 11) is 0. The van der Waals surface area contributed by atoms with E-state index in [1.807, 2.05) is 19.1 Å². The lowest BCUT2D eigenvalue weighted by Crippen LogP contribution is -2.42. The molecule has 2 amide bonds. The van der Waals surface area contributed by atoms with E-state index in [4.69, 9.17) is 0 Å². The van der Waals surface area contributed by atoms with Crippen LogP contribution in [0.5, 0.6) is 0 Å². The van der Waals surface area contributed by atoms with Gasteiger partial charge in [0.1, 0.15) is 6.29 Å². The summed E-state index contributed by atoms with van der Waals surface area (Å²) in [5.41, 5.74) is 1.93. The van der Waals surface area contributed by atoms with Crippen LogP contribution in [0.2, 0.25) is 0 Å². The summed E-state index contributed by atoms with van der Waals surface area (Å²) in [5, 5.41) is 5.63. The van der Waals surface area contributed by atoms with Gasteiger partial charge in [-0.2, -0.15) is 0 Å². The second-order valence-corrected chi connectivity index (χ2v) is 6.40. The van der Waals surface area contributed by atoms with Crippen molar-refractivity contribution in [2.24, 2.45) is 0 Å². The third-order valence-corrected chi connectivity index (χ3v) is 4.96. The van der Waals surface area contributed by atoms with Gasteiger partial charge < -0.3 is 10.1 Å². The predicted molar refractivity (Wildman–Crippen MR) is 83.9 cm³/mol. The van der Waals surface area contributed by atoms with Crippen molar-refractivity contribution >= 4 is 18.1 Å². The van der Waals surface area contributed by atoms with Crippen LogP contribution in [-0.4, -0.2) is 36.2 Å². The Labute approximate surface area is 135 Å². The molecule has 2 saturated heterocycles. The summed E-state index contributed by atoms with van der Waals surface area (Å²) >= 11 is 0. The quantitative estimate of drug-likeness (QED) is 0.634. The Balaban J connectivity index is 1.90. The molecule has 3 rings (SSSR count). The standard InChI is InChI=1S/C17H21N3O3/c1-11-13(17(10-21)6-8-18-9-7-17)3-4-14(19-11)12-2-5-15(22)20-16(12)23/h3-4,10,12,18H,2,5-9H2,1H3,(H,20,22,23). The molecule has 2 aliphatic heterocycles. The maximum atomic E-state index is 12.0.